The fourth-order valence-electron chi connectivity index (χ4n) is 2.61. The Morgan fingerprint density at radius 3 is 2.55 bits per heavy atom. The molecule has 1 atom stereocenters. The van der Waals surface area contributed by atoms with Gasteiger partial charge in [-0.25, -0.2) is 4.79 Å². The zero-order valence-corrected chi connectivity index (χ0v) is 12.9. The number of carboxylic acids is 1. The molecule has 0 aliphatic carbocycles. The van der Waals surface area contributed by atoms with E-state index in [0.29, 0.717) is 13.1 Å². The molecule has 0 bridgehead atoms. The van der Waals surface area contributed by atoms with Gasteiger partial charge in [-0.3, -0.25) is 9.69 Å². The molecule has 1 fully saturated rings. The van der Waals surface area contributed by atoms with E-state index in [1.165, 1.54) is 4.90 Å². The van der Waals surface area contributed by atoms with Crippen LogP contribution in [0.4, 0.5) is 4.79 Å². The van der Waals surface area contributed by atoms with Crippen LogP contribution >= 0.6 is 0 Å². The summed E-state index contributed by atoms with van der Waals surface area (Å²) in [5.41, 5.74) is 0.909. The SMILES string of the molecule is CC(C)N1CCN(C(=O)OCc2ccccc2)C[C@H]1C(=O)O. The van der Waals surface area contributed by atoms with Gasteiger partial charge in [0.15, 0.2) is 0 Å². The van der Waals surface area contributed by atoms with Crippen LogP contribution in [-0.2, 0) is 16.1 Å². The topological polar surface area (TPSA) is 70.1 Å². The second-order valence-corrected chi connectivity index (χ2v) is 5.67. The van der Waals surface area contributed by atoms with Crippen molar-refractivity contribution in [1.82, 2.24) is 9.80 Å². The Kier molecular flexibility index (Phi) is 5.38. The molecule has 1 aliphatic rings. The highest BCUT2D eigenvalue weighted by atomic mass is 16.6. The van der Waals surface area contributed by atoms with E-state index in [2.05, 4.69) is 0 Å². The van der Waals surface area contributed by atoms with Crippen LogP contribution in [0.15, 0.2) is 30.3 Å². The van der Waals surface area contributed by atoms with Crippen molar-refractivity contribution in [2.24, 2.45) is 0 Å². The van der Waals surface area contributed by atoms with E-state index in [1.54, 1.807) is 0 Å². The highest BCUT2D eigenvalue weighted by molar-refractivity contribution is 5.76. The Morgan fingerprint density at radius 1 is 1.27 bits per heavy atom. The smallest absolute Gasteiger partial charge is 0.410 e. The Balaban J connectivity index is 1.92. The lowest BCUT2D eigenvalue weighted by Crippen LogP contribution is -2.59. The van der Waals surface area contributed by atoms with E-state index in [4.69, 9.17) is 4.74 Å². The lowest BCUT2D eigenvalue weighted by Gasteiger charge is -2.40. The van der Waals surface area contributed by atoms with Crippen molar-refractivity contribution in [3.63, 3.8) is 0 Å². The van der Waals surface area contributed by atoms with Crippen molar-refractivity contribution in [3.05, 3.63) is 35.9 Å². The number of carbonyl (C=O) groups is 2. The van der Waals surface area contributed by atoms with Crippen molar-refractivity contribution in [3.8, 4) is 0 Å². The predicted octanol–water partition coefficient (Wildman–Crippen LogP) is 1.80. The molecule has 1 amide bonds. The maximum absolute atomic E-state index is 12.1. The van der Waals surface area contributed by atoms with Gasteiger partial charge >= 0.3 is 12.1 Å². The average molecular weight is 306 g/mol. The minimum Gasteiger partial charge on any atom is -0.480 e. The van der Waals surface area contributed by atoms with Gasteiger partial charge in [-0.15, -0.1) is 0 Å². The van der Waals surface area contributed by atoms with Crippen molar-refractivity contribution in [1.29, 1.82) is 0 Å². The minimum atomic E-state index is -0.908. The van der Waals surface area contributed by atoms with E-state index in [9.17, 15) is 14.7 Å². The summed E-state index contributed by atoms with van der Waals surface area (Å²) in [5.74, 6) is -0.908. The zero-order valence-electron chi connectivity index (χ0n) is 12.9. The van der Waals surface area contributed by atoms with Crippen LogP contribution < -0.4 is 0 Å². The molecule has 1 N–H and O–H groups in total. The molecule has 0 radical (unpaired) electrons. The van der Waals surface area contributed by atoms with Crippen LogP contribution in [0.3, 0.4) is 0 Å². The second kappa shape index (κ2) is 7.26. The summed E-state index contributed by atoms with van der Waals surface area (Å²) in [6.07, 6.45) is -0.460. The number of rotatable bonds is 4. The third kappa shape index (κ3) is 3.98. The Hall–Kier alpha value is -2.08. The maximum Gasteiger partial charge on any atom is 0.410 e. The number of carboxylic acid groups (broad SMARTS) is 1. The van der Waals surface area contributed by atoms with Gasteiger partial charge in [0.25, 0.3) is 0 Å². The number of amides is 1. The predicted molar refractivity (Wildman–Crippen MR) is 81.5 cm³/mol. The first kappa shape index (κ1) is 16.3. The molecule has 1 aromatic rings. The molecule has 0 unspecified atom stereocenters. The van der Waals surface area contributed by atoms with Gasteiger partial charge < -0.3 is 14.7 Å². The summed E-state index contributed by atoms with van der Waals surface area (Å²) in [5, 5.41) is 9.34. The van der Waals surface area contributed by atoms with Crippen molar-refractivity contribution >= 4 is 12.1 Å². The van der Waals surface area contributed by atoms with Gasteiger partial charge in [0.1, 0.15) is 12.6 Å². The van der Waals surface area contributed by atoms with Gasteiger partial charge in [-0.2, -0.15) is 0 Å². The first-order chi connectivity index (χ1) is 10.5. The zero-order chi connectivity index (χ0) is 16.1. The lowest BCUT2D eigenvalue weighted by atomic mass is 10.1. The molecule has 0 aromatic heterocycles. The van der Waals surface area contributed by atoms with Gasteiger partial charge in [0.2, 0.25) is 0 Å². The van der Waals surface area contributed by atoms with Crippen LogP contribution in [0.2, 0.25) is 0 Å². The molecule has 2 rings (SSSR count). The van der Waals surface area contributed by atoms with Crippen LogP contribution in [0, 0.1) is 0 Å². The summed E-state index contributed by atoms with van der Waals surface area (Å²) in [4.78, 5) is 26.9. The van der Waals surface area contributed by atoms with Crippen LogP contribution in [0.5, 0.6) is 0 Å². The molecular weight excluding hydrogens is 284 g/mol. The van der Waals surface area contributed by atoms with Gasteiger partial charge in [0, 0.05) is 19.1 Å². The van der Waals surface area contributed by atoms with Gasteiger partial charge in [-0.1, -0.05) is 30.3 Å². The van der Waals surface area contributed by atoms with E-state index >= 15 is 0 Å². The minimum absolute atomic E-state index is 0.128. The van der Waals surface area contributed by atoms with Crippen LogP contribution in [0.1, 0.15) is 19.4 Å². The third-order valence-corrected chi connectivity index (χ3v) is 3.83. The number of hydrogen-bond acceptors (Lipinski definition) is 4. The van der Waals surface area contributed by atoms with Gasteiger partial charge in [0.05, 0.1) is 6.54 Å². The van der Waals surface area contributed by atoms with E-state index in [-0.39, 0.29) is 19.2 Å². The molecule has 6 nitrogen and oxygen atoms in total. The number of nitrogens with zero attached hydrogens (tertiary/aromatic N) is 2. The summed E-state index contributed by atoms with van der Waals surface area (Å²) in [6.45, 7) is 5.28. The molecule has 1 saturated heterocycles. The number of piperazine rings is 1. The van der Waals surface area contributed by atoms with E-state index < -0.39 is 18.1 Å². The van der Waals surface area contributed by atoms with E-state index in [0.717, 1.165) is 5.56 Å². The van der Waals surface area contributed by atoms with Gasteiger partial charge in [-0.05, 0) is 19.4 Å². The standard InChI is InChI=1S/C16H22N2O4/c1-12(2)18-9-8-17(10-14(18)15(19)20)16(21)22-11-13-6-4-3-5-7-13/h3-7,12,14H,8-11H2,1-2H3,(H,19,20)/t14-/m0/s1. The third-order valence-electron chi connectivity index (χ3n) is 3.83. The summed E-state index contributed by atoms with van der Waals surface area (Å²) in [7, 11) is 0. The number of ether oxygens (including phenoxy) is 1. The first-order valence-corrected chi connectivity index (χ1v) is 7.43. The molecule has 22 heavy (non-hydrogen) atoms. The molecule has 1 aromatic carbocycles. The van der Waals surface area contributed by atoms with E-state index in [1.807, 2.05) is 49.1 Å². The average Bonchev–Trinajstić information content (AvgIpc) is 2.52. The number of aliphatic carboxylic acids is 1. The fourth-order valence-corrected chi connectivity index (χ4v) is 2.61. The number of carbonyl (C=O) groups excluding carboxylic acids is 1. The number of benzene rings is 1. The summed E-state index contributed by atoms with van der Waals surface area (Å²) < 4.78 is 5.27. The summed E-state index contributed by atoms with van der Waals surface area (Å²) in [6, 6.07) is 8.86. The fraction of sp³-hybridized carbons (Fsp3) is 0.500. The lowest BCUT2D eigenvalue weighted by molar-refractivity contribution is -0.146. The highest BCUT2D eigenvalue weighted by Gasteiger charge is 2.35. The normalized spacial score (nSPS) is 19.2. The molecule has 1 heterocycles. The molecule has 1 aliphatic heterocycles. The molecular formula is C16H22N2O4. The second-order valence-electron chi connectivity index (χ2n) is 5.67. The van der Waals surface area contributed by atoms with Crippen LogP contribution in [0.25, 0.3) is 0 Å². The van der Waals surface area contributed by atoms with Crippen LogP contribution in [-0.4, -0.2) is 58.7 Å². The summed E-state index contributed by atoms with van der Waals surface area (Å²) >= 11 is 0. The Morgan fingerprint density at radius 2 is 1.95 bits per heavy atom. The molecule has 0 spiro atoms. The monoisotopic (exact) mass is 306 g/mol. The highest BCUT2D eigenvalue weighted by Crippen LogP contribution is 2.15. The quantitative estimate of drug-likeness (QED) is 0.918. The van der Waals surface area contributed by atoms with Crippen molar-refractivity contribution < 1.29 is 19.4 Å². The van der Waals surface area contributed by atoms with Crippen molar-refractivity contribution in [2.45, 2.75) is 32.5 Å². The Bertz CT molecular complexity index is 518. The Labute approximate surface area is 130 Å². The molecule has 120 valence electrons. The molecule has 6 heteroatoms. The number of hydrogen-bond donors (Lipinski definition) is 1. The van der Waals surface area contributed by atoms with Crippen molar-refractivity contribution in [2.75, 3.05) is 19.6 Å². The maximum atomic E-state index is 12.1. The first-order valence-electron chi connectivity index (χ1n) is 7.43. The molecule has 0 saturated carbocycles. The largest absolute Gasteiger partial charge is 0.480 e.